The number of ether oxygens (including phenoxy) is 2. The van der Waals surface area contributed by atoms with Crippen molar-refractivity contribution in [2.45, 2.75) is 86.5 Å². The fourth-order valence-corrected chi connectivity index (χ4v) is 13.3. The number of allylic oxidation sites excluding steroid dienone is 3. The minimum absolute atomic E-state index is 0.0422. The van der Waals surface area contributed by atoms with Gasteiger partial charge in [-0.15, -0.1) is 11.3 Å². The Morgan fingerprint density at radius 2 is 1.13 bits per heavy atom. The van der Waals surface area contributed by atoms with Gasteiger partial charge in [0.15, 0.2) is 11.5 Å². The van der Waals surface area contributed by atoms with Crippen LogP contribution in [0.25, 0.3) is 53.6 Å². The highest BCUT2D eigenvalue weighted by Gasteiger charge is 2.46. The molecular weight excluding hydrogens is 932 g/mol. The van der Waals surface area contributed by atoms with Crippen molar-refractivity contribution < 1.29 is 9.47 Å². The second kappa shape index (κ2) is 17.4. The van der Waals surface area contributed by atoms with Crippen LogP contribution in [-0.4, -0.2) is 19.9 Å². The summed E-state index contributed by atoms with van der Waals surface area (Å²) in [6.07, 6.45) is 8.21. The van der Waals surface area contributed by atoms with E-state index in [1.165, 1.54) is 104 Å². The van der Waals surface area contributed by atoms with E-state index in [1.54, 1.807) is 0 Å². The number of rotatable bonds is 5. The smallest absolute Gasteiger partial charge is 0.252 e. The van der Waals surface area contributed by atoms with Gasteiger partial charge in [0, 0.05) is 48.6 Å². The molecule has 372 valence electrons. The minimum atomic E-state index is -0.0870. The van der Waals surface area contributed by atoms with E-state index in [-0.39, 0.29) is 23.0 Å². The van der Waals surface area contributed by atoms with E-state index >= 15 is 0 Å². The van der Waals surface area contributed by atoms with Gasteiger partial charge in [0.05, 0.1) is 5.69 Å². The van der Waals surface area contributed by atoms with Crippen LogP contribution in [0, 0.1) is 18.3 Å². The third kappa shape index (κ3) is 8.10. The van der Waals surface area contributed by atoms with E-state index in [0.29, 0.717) is 19.1 Å². The lowest BCUT2D eigenvalue weighted by atomic mass is 9.33. The summed E-state index contributed by atoms with van der Waals surface area (Å²) in [5.74, 6) is 2.06. The number of nitrogens with zero attached hydrogens (tertiary/aromatic N) is 2. The predicted octanol–water partition coefficient (Wildman–Crippen LogP) is 17.0. The van der Waals surface area contributed by atoms with Gasteiger partial charge in [-0.1, -0.05) is 172 Å². The van der Waals surface area contributed by atoms with Crippen molar-refractivity contribution >= 4 is 83.0 Å². The Bertz CT molecular complexity index is 3760. The highest BCUT2D eigenvalue weighted by molar-refractivity contribution is 7.25. The predicted molar refractivity (Wildman–Crippen MR) is 321 cm³/mol. The van der Waals surface area contributed by atoms with Crippen molar-refractivity contribution in [1.29, 1.82) is 0 Å². The maximum atomic E-state index is 6.75. The molecule has 0 N–H and O–H groups in total. The fraction of sp³-hybridized carbons (Fsp3) is 0.246. The van der Waals surface area contributed by atoms with Gasteiger partial charge in [-0.05, 0) is 163 Å². The zero-order chi connectivity index (χ0) is 51.7. The van der Waals surface area contributed by atoms with Crippen LogP contribution < -0.4 is 35.7 Å². The topological polar surface area (TPSA) is 24.9 Å². The molecule has 0 amide bonds. The van der Waals surface area contributed by atoms with Crippen LogP contribution in [-0.2, 0) is 10.8 Å². The van der Waals surface area contributed by atoms with Gasteiger partial charge in [-0.25, -0.2) is 0 Å². The van der Waals surface area contributed by atoms with Crippen LogP contribution in [0.5, 0.6) is 11.5 Å². The molecule has 1 atom stereocenters. The molecule has 0 saturated carbocycles. The molecule has 1 unspecified atom stereocenters. The lowest BCUT2D eigenvalue weighted by molar-refractivity contribution is 0.172. The summed E-state index contributed by atoms with van der Waals surface area (Å²) >= 11 is 1.88. The molecule has 4 heterocycles. The lowest BCUT2D eigenvalue weighted by Crippen LogP contribution is -2.62. The molecule has 75 heavy (non-hydrogen) atoms. The lowest BCUT2D eigenvalue weighted by Gasteiger charge is -2.46. The molecule has 4 nitrogen and oxygen atoms in total. The largest absolute Gasteiger partial charge is 0.486 e. The van der Waals surface area contributed by atoms with Crippen LogP contribution >= 0.6 is 11.3 Å². The van der Waals surface area contributed by atoms with E-state index in [2.05, 4.69) is 249 Å². The second-order valence-electron chi connectivity index (χ2n) is 24.6. The van der Waals surface area contributed by atoms with E-state index in [4.69, 9.17) is 9.47 Å². The second-order valence-corrected chi connectivity index (χ2v) is 25.6. The van der Waals surface area contributed by atoms with Crippen LogP contribution in [0.15, 0.2) is 176 Å². The Balaban J connectivity index is 1.08. The van der Waals surface area contributed by atoms with Crippen molar-refractivity contribution in [2.75, 3.05) is 23.0 Å². The Kier molecular flexibility index (Phi) is 11.0. The first-order chi connectivity index (χ1) is 36.0. The summed E-state index contributed by atoms with van der Waals surface area (Å²) in [5, 5.41) is 2.62. The molecule has 4 aliphatic rings. The number of fused-ring (bicyclic) bond motifs is 9. The molecular formula is C69H65BN2O2S. The summed E-state index contributed by atoms with van der Waals surface area (Å²) in [4.78, 5) is 5.11. The van der Waals surface area contributed by atoms with Gasteiger partial charge in [0.25, 0.3) is 6.71 Å². The Morgan fingerprint density at radius 3 is 1.79 bits per heavy atom. The average molecular weight is 997 g/mol. The summed E-state index contributed by atoms with van der Waals surface area (Å²) in [6.45, 7) is 24.0. The highest BCUT2D eigenvalue weighted by Crippen LogP contribution is 2.51. The Labute approximate surface area is 448 Å². The fourth-order valence-electron chi connectivity index (χ4n) is 12.2. The van der Waals surface area contributed by atoms with Crippen molar-refractivity contribution in [3.63, 3.8) is 0 Å². The number of anilines is 5. The number of aryl methyl sites for hydroxylation is 1. The molecule has 0 fully saturated rings. The zero-order valence-corrected chi connectivity index (χ0v) is 45.9. The molecule has 0 saturated heterocycles. The van der Waals surface area contributed by atoms with Crippen LogP contribution in [0.3, 0.4) is 0 Å². The van der Waals surface area contributed by atoms with E-state index in [0.717, 1.165) is 35.0 Å². The molecule has 6 heteroatoms. The monoisotopic (exact) mass is 996 g/mol. The van der Waals surface area contributed by atoms with Gasteiger partial charge in [-0.3, -0.25) is 0 Å². The third-order valence-corrected chi connectivity index (χ3v) is 17.5. The normalized spacial score (nSPS) is 16.0. The molecule has 0 bridgehead atoms. The third-order valence-electron chi connectivity index (χ3n) is 16.4. The quantitative estimate of drug-likeness (QED) is 0.160. The summed E-state index contributed by atoms with van der Waals surface area (Å²) in [5.41, 5.74) is 21.9. The number of hydrogen-bond acceptors (Lipinski definition) is 5. The van der Waals surface area contributed by atoms with Crippen LogP contribution in [0.1, 0.15) is 85.4 Å². The maximum Gasteiger partial charge on any atom is 0.252 e. The zero-order valence-electron chi connectivity index (χ0n) is 45.1. The number of thiophene rings is 1. The van der Waals surface area contributed by atoms with Crippen LogP contribution in [0.2, 0.25) is 0 Å². The summed E-state index contributed by atoms with van der Waals surface area (Å²) < 4.78 is 15.8. The molecule has 1 aromatic heterocycles. The van der Waals surface area contributed by atoms with Gasteiger partial charge < -0.3 is 19.3 Å². The van der Waals surface area contributed by atoms with Gasteiger partial charge in [0.1, 0.15) is 13.2 Å². The van der Waals surface area contributed by atoms with E-state index < -0.39 is 0 Å². The highest BCUT2D eigenvalue weighted by atomic mass is 32.1. The molecule has 13 rings (SSSR count). The summed E-state index contributed by atoms with van der Waals surface area (Å²) in [6, 6.07) is 58.2. The molecule has 8 aromatic carbocycles. The Hall–Kier alpha value is -7.28. The van der Waals surface area contributed by atoms with E-state index in [1.807, 2.05) is 11.3 Å². The standard InChI is InChI=1S/C69H65BN2O2S/c1-42-35-59-64-60(36-42)72(52-27-25-51(26-28-52)69(8,9)10)65-57(31-32-61-66(65)74-34-33-73-61)70(64)56-30-20-45(46-19-29-55-54-13-11-12-14-62(54)75-63(55)41-46)40-58(56)71(59)53-38-47(43-15-21-49(22-16-43)67(2,3)4)37-48(39-53)44-17-23-50(24-18-44)68(5,6)7/h11-25,27-32,35-41,51H,26,33-34H2,1-10H3. The number of benzene rings is 8. The van der Waals surface area contributed by atoms with E-state index in [9.17, 15) is 0 Å². The SMILES string of the molecule is Cc1cc2c3c(c1)N(c1cc(-c4ccc(C(C)(C)C)cc4)cc(-c4ccc(C(C)(C)C)cc4)c1)c1cc(-c4ccc5c(c4)sc4ccccc45)ccc1B3c1ccc3c(c1N2C1=CCC(C(C)(C)C)C=C1)OCCO3. The van der Waals surface area contributed by atoms with Gasteiger partial charge >= 0.3 is 0 Å². The molecule has 9 aromatic rings. The van der Waals surface area contributed by atoms with Crippen molar-refractivity contribution in [3.8, 4) is 44.9 Å². The van der Waals surface area contributed by atoms with Crippen molar-refractivity contribution in [1.82, 2.24) is 0 Å². The van der Waals surface area contributed by atoms with Gasteiger partial charge in [0.2, 0.25) is 0 Å². The molecule has 0 radical (unpaired) electrons. The van der Waals surface area contributed by atoms with Gasteiger partial charge in [-0.2, -0.15) is 0 Å². The minimum Gasteiger partial charge on any atom is -0.486 e. The van der Waals surface area contributed by atoms with Crippen LogP contribution in [0.4, 0.5) is 28.4 Å². The summed E-state index contributed by atoms with van der Waals surface area (Å²) in [7, 11) is 0. The average Bonchev–Trinajstić information content (AvgIpc) is 3.81. The van der Waals surface area contributed by atoms with Crippen molar-refractivity contribution in [3.05, 3.63) is 192 Å². The first kappa shape index (κ1) is 47.4. The number of hydrogen-bond donors (Lipinski definition) is 0. The molecule has 1 aliphatic carbocycles. The molecule has 0 spiro atoms. The first-order valence-electron chi connectivity index (χ1n) is 26.9. The van der Waals surface area contributed by atoms with Crippen molar-refractivity contribution in [2.24, 2.45) is 11.3 Å². The first-order valence-corrected chi connectivity index (χ1v) is 27.8. The molecule has 3 aliphatic heterocycles. The Morgan fingerprint density at radius 1 is 0.533 bits per heavy atom. The maximum absolute atomic E-state index is 6.75.